The maximum atomic E-state index is 13.2. The lowest BCUT2D eigenvalue weighted by atomic mass is 9.96. The van der Waals surface area contributed by atoms with Gasteiger partial charge in [0, 0.05) is 58.5 Å². The maximum absolute atomic E-state index is 13.2. The summed E-state index contributed by atoms with van der Waals surface area (Å²) in [5.41, 5.74) is 3.42. The van der Waals surface area contributed by atoms with E-state index in [2.05, 4.69) is 11.1 Å². The molecule has 12 nitrogen and oxygen atoms in total. The van der Waals surface area contributed by atoms with Crippen LogP contribution in [-0.4, -0.2) is 118 Å². The number of hydrogen-bond acceptors (Lipinski definition) is 12. The number of amides is 1. The van der Waals surface area contributed by atoms with Crippen molar-refractivity contribution in [3.63, 3.8) is 0 Å². The summed E-state index contributed by atoms with van der Waals surface area (Å²) in [4.78, 5) is 20.0. The van der Waals surface area contributed by atoms with Gasteiger partial charge in [0.1, 0.15) is 33.9 Å². The van der Waals surface area contributed by atoms with E-state index in [9.17, 15) is 33.6 Å². The van der Waals surface area contributed by atoms with E-state index in [0.29, 0.717) is 43.1 Å². The van der Waals surface area contributed by atoms with Crippen LogP contribution < -0.4 is 4.74 Å². The maximum Gasteiger partial charge on any atom is 0.254 e. The minimum Gasteiger partial charge on any atom is -0.490 e. The Morgan fingerprint density at radius 3 is 2.44 bits per heavy atom. The number of para-hydroxylation sites is 1. The highest BCUT2D eigenvalue weighted by atomic mass is 35.5. The largest absolute Gasteiger partial charge is 0.490 e. The van der Waals surface area contributed by atoms with Crippen molar-refractivity contribution >= 4 is 39.1 Å². The summed E-state index contributed by atoms with van der Waals surface area (Å²) in [7, 11) is -3.12. The number of aliphatic hydroxyl groups is 5. The van der Waals surface area contributed by atoms with Crippen molar-refractivity contribution in [1.82, 2.24) is 9.88 Å². The molecule has 5 rings (SSSR count). The number of thioether (sulfide) groups is 1. The molecular weight excluding hydrogens is 756 g/mol. The van der Waals surface area contributed by atoms with Gasteiger partial charge < -0.3 is 39.9 Å². The van der Waals surface area contributed by atoms with E-state index in [4.69, 9.17) is 26.2 Å². The summed E-state index contributed by atoms with van der Waals surface area (Å²) in [5, 5.41) is 50.3. The standard InChI is InChI=1S/C39H51ClN2O10S2/c1-54(49,50)21-6-2-5-18-42(38(48)37(47)36(46)35(45)33(44)24-43)19-7-20-53-28-12-13-32(40)26(22-28)25-51-39(15-16-39)31-23-41-17-14-29(31)30-8-3-4-9-34(30)52-27-10-11-27/h3-4,8-9,12-14,17,22-23,27,33,35-37,43-47H,2,5-7,10-11,15-16,18-21,24-25H2,1H3/t33-,35+,36-,37-/m0/s1. The number of ether oxygens (including phenoxy) is 2. The van der Waals surface area contributed by atoms with Crippen LogP contribution >= 0.6 is 23.4 Å². The summed E-state index contributed by atoms with van der Waals surface area (Å²) in [5.74, 6) is 0.637. The number of rotatable bonds is 23. The summed E-state index contributed by atoms with van der Waals surface area (Å²) in [6.07, 6.45) is 3.12. The number of aromatic nitrogens is 1. The predicted octanol–water partition coefficient (Wildman–Crippen LogP) is 4.11. The summed E-state index contributed by atoms with van der Waals surface area (Å²) < 4.78 is 35.9. The summed E-state index contributed by atoms with van der Waals surface area (Å²) in [6.45, 7) is -0.163. The zero-order valence-corrected chi connectivity index (χ0v) is 32.8. The van der Waals surface area contributed by atoms with E-state index in [1.54, 1.807) is 18.0 Å². The Morgan fingerprint density at radius 2 is 1.74 bits per heavy atom. The third kappa shape index (κ3) is 11.9. The molecule has 3 aromatic rings. The number of hydrogen-bond donors (Lipinski definition) is 5. The number of unbranched alkanes of at least 4 members (excludes halogenated alkanes) is 2. The van der Waals surface area contributed by atoms with Crippen LogP contribution in [0.5, 0.6) is 5.75 Å². The molecule has 0 spiro atoms. The van der Waals surface area contributed by atoms with E-state index < -0.39 is 52.4 Å². The number of carbonyl (C=O) groups is 1. The first kappa shape index (κ1) is 42.4. The molecule has 4 atom stereocenters. The molecule has 54 heavy (non-hydrogen) atoms. The molecular formula is C39H51ClN2O10S2. The van der Waals surface area contributed by atoms with Gasteiger partial charge in [0.25, 0.3) is 5.91 Å². The van der Waals surface area contributed by atoms with Gasteiger partial charge in [-0.2, -0.15) is 0 Å². The van der Waals surface area contributed by atoms with Gasteiger partial charge in [0.2, 0.25) is 0 Å². The third-order valence-electron chi connectivity index (χ3n) is 9.64. The Bertz CT molecular complexity index is 1810. The van der Waals surface area contributed by atoms with E-state index in [0.717, 1.165) is 64.8 Å². The van der Waals surface area contributed by atoms with E-state index in [1.807, 2.05) is 48.7 Å². The topological polar surface area (TPSA) is 187 Å². The van der Waals surface area contributed by atoms with Gasteiger partial charge in [-0.1, -0.05) is 36.2 Å². The third-order valence-corrected chi connectivity index (χ3v) is 12.1. The van der Waals surface area contributed by atoms with Crippen LogP contribution in [0.25, 0.3) is 11.1 Å². The van der Waals surface area contributed by atoms with Crippen LogP contribution in [0.3, 0.4) is 0 Å². The molecule has 0 unspecified atom stereocenters. The fraction of sp³-hybridized carbons (Fsp3) is 0.538. The normalized spacial score (nSPS) is 17.4. The fourth-order valence-electron chi connectivity index (χ4n) is 6.20. The van der Waals surface area contributed by atoms with E-state index in [-0.39, 0.29) is 24.9 Å². The van der Waals surface area contributed by atoms with Crippen molar-refractivity contribution in [3.05, 3.63) is 77.1 Å². The lowest BCUT2D eigenvalue weighted by molar-refractivity contribution is -0.158. The van der Waals surface area contributed by atoms with E-state index in [1.165, 1.54) is 4.90 Å². The minimum absolute atomic E-state index is 0.0219. The molecule has 2 aliphatic rings. The second-order valence-corrected chi connectivity index (χ2v) is 18.0. The van der Waals surface area contributed by atoms with Crippen LogP contribution in [0.15, 0.2) is 65.8 Å². The second-order valence-electron chi connectivity index (χ2n) is 14.2. The van der Waals surface area contributed by atoms with Crippen LogP contribution in [0, 0.1) is 0 Å². The average Bonchev–Trinajstić information content (AvgIpc) is 4.11. The molecule has 0 saturated heterocycles. The Morgan fingerprint density at radius 1 is 1.00 bits per heavy atom. The van der Waals surface area contributed by atoms with Crippen molar-refractivity contribution < 1.29 is 48.2 Å². The number of aliphatic hydroxyl groups excluding tert-OH is 5. The van der Waals surface area contributed by atoms with Crippen molar-refractivity contribution in [2.24, 2.45) is 0 Å². The number of nitrogens with zero attached hydrogens (tertiary/aromatic N) is 2. The average molecular weight is 807 g/mol. The Kier molecular flexibility index (Phi) is 15.2. The molecule has 5 N–H and O–H groups in total. The summed E-state index contributed by atoms with van der Waals surface area (Å²) in [6, 6.07) is 15.8. The summed E-state index contributed by atoms with van der Waals surface area (Å²) >= 11 is 8.21. The molecule has 1 amide bonds. The minimum atomic E-state index is -3.12. The Hall–Kier alpha value is -2.79. The Balaban J connectivity index is 1.19. The fourth-order valence-corrected chi connectivity index (χ4v) is 8.00. The van der Waals surface area contributed by atoms with Gasteiger partial charge in [0.15, 0.2) is 6.10 Å². The second kappa shape index (κ2) is 19.4. The van der Waals surface area contributed by atoms with Gasteiger partial charge in [-0.3, -0.25) is 9.78 Å². The van der Waals surface area contributed by atoms with Crippen molar-refractivity contribution in [2.45, 2.75) is 99.0 Å². The molecule has 1 heterocycles. The molecule has 0 radical (unpaired) electrons. The van der Waals surface area contributed by atoms with Crippen molar-refractivity contribution in [3.8, 4) is 16.9 Å². The van der Waals surface area contributed by atoms with Crippen molar-refractivity contribution in [1.29, 1.82) is 0 Å². The number of carbonyl (C=O) groups excluding carboxylic acids is 1. The number of pyridine rings is 1. The van der Waals surface area contributed by atoms with E-state index >= 15 is 0 Å². The number of halogens is 1. The van der Waals surface area contributed by atoms with Gasteiger partial charge in [-0.05, 0) is 92.2 Å². The molecule has 0 bridgehead atoms. The zero-order valence-electron chi connectivity index (χ0n) is 30.4. The number of benzene rings is 2. The van der Waals surface area contributed by atoms with Gasteiger partial charge in [0.05, 0.1) is 24.9 Å². The van der Waals surface area contributed by atoms with Crippen LogP contribution in [0.1, 0.15) is 62.5 Å². The zero-order chi connectivity index (χ0) is 38.9. The molecule has 2 fully saturated rings. The smallest absolute Gasteiger partial charge is 0.254 e. The SMILES string of the molecule is CS(=O)(=O)CCCCCN(CCCSc1ccc(Cl)c(COC2(c3cnccc3-c3ccccc3OC3CC3)CC2)c1)C(=O)[C@@H](O)[C@@H](O)[C@H](O)[C@@H](O)CO. The highest BCUT2D eigenvalue weighted by molar-refractivity contribution is 7.99. The van der Waals surface area contributed by atoms with Crippen molar-refractivity contribution in [2.75, 3.05) is 37.5 Å². The van der Waals surface area contributed by atoms with Crippen LogP contribution in [0.4, 0.5) is 0 Å². The Labute approximate surface area is 326 Å². The molecule has 1 aromatic heterocycles. The highest BCUT2D eigenvalue weighted by Crippen LogP contribution is 2.53. The quantitative estimate of drug-likeness (QED) is 0.0684. The monoisotopic (exact) mass is 806 g/mol. The molecule has 2 aromatic carbocycles. The molecule has 2 saturated carbocycles. The molecule has 15 heteroatoms. The first-order valence-electron chi connectivity index (χ1n) is 18.4. The predicted molar refractivity (Wildman–Crippen MR) is 207 cm³/mol. The van der Waals surface area contributed by atoms with Gasteiger partial charge >= 0.3 is 0 Å². The first-order chi connectivity index (χ1) is 25.8. The van der Waals surface area contributed by atoms with Gasteiger partial charge in [-0.15, -0.1) is 11.8 Å². The van der Waals surface area contributed by atoms with Crippen LogP contribution in [-0.2, 0) is 31.6 Å². The molecule has 2 aliphatic carbocycles. The molecule has 0 aliphatic heterocycles. The number of sulfone groups is 1. The highest BCUT2D eigenvalue weighted by Gasteiger charge is 2.48. The van der Waals surface area contributed by atoms with Crippen LogP contribution in [0.2, 0.25) is 5.02 Å². The lowest BCUT2D eigenvalue weighted by Crippen LogP contribution is -2.53. The lowest BCUT2D eigenvalue weighted by Gasteiger charge is -2.30. The van der Waals surface area contributed by atoms with Gasteiger partial charge in [-0.25, -0.2) is 8.42 Å². The first-order valence-corrected chi connectivity index (χ1v) is 21.8. The molecule has 296 valence electrons.